The van der Waals surface area contributed by atoms with Crippen molar-refractivity contribution in [2.24, 2.45) is 0 Å². The van der Waals surface area contributed by atoms with Crippen LogP contribution in [-0.2, 0) is 0 Å². The molecule has 3 aromatic carbocycles. The summed E-state index contributed by atoms with van der Waals surface area (Å²) >= 11 is 0. The molecule has 0 unspecified atom stereocenters. The van der Waals surface area contributed by atoms with Gasteiger partial charge in [-0.15, -0.1) is 12.8 Å². The van der Waals surface area contributed by atoms with Crippen molar-refractivity contribution in [2.75, 3.05) is 10.6 Å². The molecule has 8 heteroatoms. The Bertz CT molecular complexity index is 1300. The van der Waals surface area contributed by atoms with Crippen molar-refractivity contribution in [2.45, 2.75) is 0 Å². The van der Waals surface area contributed by atoms with Gasteiger partial charge in [-0.25, -0.2) is 9.59 Å². The number of benzene rings is 3. The van der Waals surface area contributed by atoms with Gasteiger partial charge in [0.15, 0.2) is 0 Å². The Morgan fingerprint density at radius 1 is 0.588 bits per heavy atom. The molecule has 0 heterocycles. The third-order valence-corrected chi connectivity index (χ3v) is 4.72. The van der Waals surface area contributed by atoms with Crippen LogP contribution < -0.4 is 10.6 Å². The number of carboxylic acids is 2. The fourth-order valence-corrected chi connectivity index (χ4v) is 3.05. The first kappa shape index (κ1) is 23.3. The maximum Gasteiger partial charge on any atom is 0.336 e. The van der Waals surface area contributed by atoms with E-state index in [0.717, 1.165) is 0 Å². The fourth-order valence-electron chi connectivity index (χ4n) is 3.05. The van der Waals surface area contributed by atoms with E-state index in [0.29, 0.717) is 22.5 Å². The van der Waals surface area contributed by atoms with E-state index in [9.17, 15) is 29.4 Å². The molecule has 3 aromatic rings. The topological polar surface area (TPSA) is 133 Å². The van der Waals surface area contributed by atoms with Gasteiger partial charge in [0.1, 0.15) is 0 Å². The lowest BCUT2D eigenvalue weighted by molar-refractivity contribution is 0.0683. The number of carboxylic acid groups (broad SMARTS) is 2. The molecule has 0 saturated carbocycles. The number of carbonyl (C=O) groups excluding carboxylic acids is 2. The summed E-state index contributed by atoms with van der Waals surface area (Å²) in [6.45, 7) is 0. The van der Waals surface area contributed by atoms with E-state index in [4.69, 9.17) is 12.8 Å². The number of rotatable bonds is 6. The number of carbonyl (C=O) groups is 4. The second kappa shape index (κ2) is 9.86. The number of anilines is 2. The highest BCUT2D eigenvalue weighted by Crippen LogP contribution is 2.19. The Kier molecular flexibility index (Phi) is 6.76. The average molecular weight is 452 g/mol. The van der Waals surface area contributed by atoms with Gasteiger partial charge in [0.25, 0.3) is 11.8 Å². The van der Waals surface area contributed by atoms with Crippen molar-refractivity contribution in [3.8, 4) is 24.7 Å². The molecule has 8 nitrogen and oxygen atoms in total. The predicted molar refractivity (Wildman–Crippen MR) is 125 cm³/mol. The first-order chi connectivity index (χ1) is 16.2. The molecule has 0 bridgehead atoms. The number of hydrogen-bond acceptors (Lipinski definition) is 4. The standard InChI is InChI=1S/C26H16N2O6/c1-3-15-5-11-19(21(13-15)25(31)32)23(29)27-17-7-9-18(10-8-17)28-24(30)20-12-6-16(4-2)14-22(20)26(33)34/h1-2,5-14H,(H,27,29)(H,28,30)(H,31,32)(H,33,34). The Hall–Kier alpha value is -5.34. The molecule has 0 aliphatic heterocycles. The number of amides is 2. The molecular weight excluding hydrogens is 436 g/mol. The Labute approximate surface area is 194 Å². The van der Waals surface area contributed by atoms with Crippen LogP contribution in [0.2, 0.25) is 0 Å². The minimum absolute atomic E-state index is 0.0690. The maximum atomic E-state index is 12.6. The summed E-state index contributed by atoms with van der Waals surface area (Å²) in [5, 5.41) is 23.9. The smallest absolute Gasteiger partial charge is 0.336 e. The van der Waals surface area contributed by atoms with Crippen LogP contribution in [0.3, 0.4) is 0 Å². The Balaban J connectivity index is 1.76. The monoisotopic (exact) mass is 452 g/mol. The van der Waals surface area contributed by atoms with Crippen molar-refractivity contribution in [1.82, 2.24) is 0 Å². The third kappa shape index (κ3) is 5.10. The van der Waals surface area contributed by atoms with Gasteiger partial charge in [0.05, 0.1) is 22.3 Å². The lowest BCUT2D eigenvalue weighted by atomic mass is 10.0. The van der Waals surface area contributed by atoms with E-state index >= 15 is 0 Å². The van der Waals surface area contributed by atoms with Gasteiger partial charge in [-0.2, -0.15) is 0 Å². The summed E-state index contributed by atoms with van der Waals surface area (Å²) in [5.41, 5.74) is 0.725. The van der Waals surface area contributed by atoms with E-state index in [-0.39, 0.29) is 22.3 Å². The van der Waals surface area contributed by atoms with Gasteiger partial charge in [-0.3, -0.25) is 9.59 Å². The van der Waals surface area contributed by atoms with Crippen LogP contribution >= 0.6 is 0 Å². The molecule has 0 aromatic heterocycles. The first-order valence-electron chi connectivity index (χ1n) is 9.64. The van der Waals surface area contributed by atoms with Crippen molar-refractivity contribution in [3.05, 3.63) is 94.0 Å². The molecule has 0 radical (unpaired) electrons. The van der Waals surface area contributed by atoms with E-state index < -0.39 is 23.8 Å². The zero-order valence-electron chi connectivity index (χ0n) is 17.5. The molecule has 0 spiro atoms. The molecule has 0 atom stereocenters. The summed E-state index contributed by atoms with van der Waals surface area (Å²) < 4.78 is 0. The van der Waals surface area contributed by atoms with Gasteiger partial charge in [0, 0.05) is 22.5 Å². The minimum atomic E-state index is -1.30. The zero-order chi connectivity index (χ0) is 24.8. The summed E-state index contributed by atoms with van der Waals surface area (Å²) in [4.78, 5) is 48.1. The number of hydrogen-bond donors (Lipinski definition) is 4. The second-order valence-electron chi connectivity index (χ2n) is 6.91. The minimum Gasteiger partial charge on any atom is -0.478 e. The molecule has 34 heavy (non-hydrogen) atoms. The quantitative estimate of drug-likeness (QED) is 0.423. The number of nitrogens with one attached hydrogen (secondary N) is 2. The molecule has 0 fully saturated rings. The van der Waals surface area contributed by atoms with Gasteiger partial charge in [-0.05, 0) is 60.7 Å². The van der Waals surface area contributed by atoms with Crippen LogP contribution in [0.15, 0.2) is 60.7 Å². The van der Waals surface area contributed by atoms with Gasteiger partial charge in [-0.1, -0.05) is 11.8 Å². The van der Waals surface area contributed by atoms with Crippen LogP contribution in [-0.4, -0.2) is 34.0 Å². The number of terminal acetylenes is 2. The average Bonchev–Trinajstić information content (AvgIpc) is 2.84. The largest absolute Gasteiger partial charge is 0.478 e. The van der Waals surface area contributed by atoms with E-state index in [1.807, 2.05) is 0 Å². The number of aromatic carboxylic acids is 2. The summed E-state index contributed by atoms with van der Waals surface area (Å²) in [6.07, 6.45) is 10.6. The SMILES string of the molecule is C#Cc1ccc(C(=O)Nc2ccc(NC(=O)c3ccc(C#C)cc3C(=O)O)cc2)c(C(=O)O)c1. The van der Waals surface area contributed by atoms with Crippen LogP contribution in [0.4, 0.5) is 11.4 Å². The highest BCUT2D eigenvalue weighted by atomic mass is 16.4. The highest BCUT2D eigenvalue weighted by molar-refractivity contribution is 6.12. The van der Waals surface area contributed by atoms with Crippen LogP contribution in [0.5, 0.6) is 0 Å². The molecule has 0 aliphatic rings. The van der Waals surface area contributed by atoms with E-state index in [1.54, 1.807) is 0 Å². The van der Waals surface area contributed by atoms with Gasteiger partial charge < -0.3 is 20.8 Å². The highest BCUT2D eigenvalue weighted by Gasteiger charge is 2.19. The van der Waals surface area contributed by atoms with Crippen LogP contribution in [0, 0.1) is 24.7 Å². The molecule has 0 aliphatic carbocycles. The third-order valence-electron chi connectivity index (χ3n) is 4.72. The lowest BCUT2D eigenvalue weighted by Crippen LogP contribution is -2.17. The van der Waals surface area contributed by atoms with Crippen molar-refractivity contribution in [3.63, 3.8) is 0 Å². The zero-order valence-corrected chi connectivity index (χ0v) is 17.5. The first-order valence-corrected chi connectivity index (χ1v) is 9.64. The normalized spacial score (nSPS) is 9.82. The van der Waals surface area contributed by atoms with Gasteiger partial charge >= 0.3 is 11.9 Å². The summed E-state index contributed by atoms with van der Waals surface area (Å²) in [5.74, 6) is 0.732. The lowest BCUT2D eigenvalue weighted by Gasteiger charge is -2.11. The van der Waals surface area contributed by atoms with Crippen LogP contribution in [0.1, 0.15) is 52.6 Å². The van der Waals surface area contributed by atoms with Crippen molar-refractivity contribution < 1.29 is 29.4 Å². The molecule has 3 rings (SSSR count). The maximum absolute atomic E-state index is 12.6. The Morgan fingerprint density at radius 3 is 1.24 bits per heavy atom. The van der Waals surface area contributed by atoms with E-state index in [1.165, 1.54) is 60.7 Å². The molecule has 166 valence electrons. The van der Waals surface area contributed by atoms with Crippen LogP contribution in [0.25, 0.3) is 0 Å². The molecule has 0 saturated heterocycles. The molecular formula is C26H16N2O6. The molecule has 4 N–H and O–H groups in total. The summed E-state index contributed by atoms with van der Waals surface area (Å²) in [7, 11) is 0. The van der Waals surface area contributed by atoms with Crippen molar-refractivity contribution in [1.29, 1.82) is 0 Å². The predicted octanol–water partition coefficient (Wildman–Crippen LogP) is 3.55. The Morgan fingerprint density at radius 2 is 0.941 bits per heavy atom. The molecule has 2 amide bonds. The fraction of sp³-hybridized carbons (Fsp3) is 0. The summed E-state index contributed by atoms with van der Waals surface area (Å²) in [6, 6.07) is 14.0. The second-order valence-corrected chi connectivity index (χ2v) is 6.91. The van der Waals surface area contributed by atoms with Gasteiger partial charge in [0.2, 0.25) is 0 Å². The van der Waals surface area contributed by atoms with E-state index in [2.05, 4.69) is 22.5 Å². The van der Waals surface area contributed by atoms with Crippen molar-refractivity contribution >= 4 is 35.1 Å².